The Labute approximate surface area is 175 Å². The number of Topliss-reactive ketones (excluding diaryl/α,β-unsaturated/α-hetero) is 1. The van der Waals surface area contributed by atoms with Crippen molar-refractivity contribution in [2.45, 2.75) is 63.9 Å². The zero-order valence-electron chi connectivity index (χ0n) is 17.5. The summed E-state index contributed by atoms with van der Waals surface area (Å²) in [6, 6.07) is 0. The van der Waals surface area contributed by atoms with Gasteiger partial charge in [0.1, 0.15) is 12.7 Å². The van der Waals surface area contributed by atoms with Gasteiger partial charge in [0.15, 0.2) is 23.0 Å². The first kappa shape index (κ1) is 20.1. The molecule has 162 valence electrons. The first-order valence-corrected chi connectivity index (χ1v) is 10.8. The van der Waals surface area contributed by atoms with E-state index in [1.54, 1.807) is 6.92 Å². The molecule has 7 nitrogen and oxygen atoms in total. The van der Waals surface area contributed by atoms with Gasteiger partial charge >= 0.3 is 0 Å². The van der Waals surface area contributed by atoms with Crippen LogP contribution in [0.25, 0.3) is 0 Å². The average Bonchev–Trinajstić information content (AvgIpc) is 3.13. The van der Waals surface area contributed by atoms with Crippen molar-refractivity contribution < 1.29 is 29.6 Å². The minimum Gasteiger partial charge on any atom is -0.475 e. The lowest BCUT2D eigenvalue weighted by Gasteiger charge is -2.60. The molecule has 0 aromatic heterocycles. The molecule has 0 aromatic carbocycles. The van der Waals surface area contributed by atoms with Crippen LogP contribution in [0.3, 0.4) is 0 Å². The van der Waals surface area contributed by atoms with Crippen molar-refractivity contribution in [1.82, 2.24) is 0 Å². The molecule has 1 aliphatic heterocycles. The standard InChI is InChI=1S/C23H29NO6/c1-11-24-23(18(29)10-25)19(30-11)8-14-13-7-16(27)15-6-12(26)4-5-21(15,2)20(13)17(28)9-22(14,23)3/h4-6,13-14,16-17,19-20,25,27-28H,7-10H2,1-3H3/t13-,14+,16-,17-,19-,20+,21-,22-,23+/m0/s1. The number of allylic oxidation sites excluding steroid dienone is 3. The van der Waals surface area contributed by atoms with Crippen LogP contribution in [0.4, 0.5) is 0 Å². The van der Waals surface area contributed by atoms with E-state index >= 15 is 0 Å². The summed E-state index contributed by atoms with van der Waals surface area (Å²) < 4.78 is 5.96. The van der Waals surface area contributed by atoms with Crippen LogP contribution in [0.15, 0.2) is 28.8 Å². The average molecular weight is 415 g/mol. The number of aliphatic imine (C=N–C) groups is 1. The highest BCUT2D eigenvalue weighted by atomic mass is 16.5. The molecule has 0 amide bonds. The van der Waals surface area contributed by atoms with Crippen LogP contribution in [0, 0.1) is 28.6 Å². The molecule has 1 heterocycles. The molecule has 30 heavy (non-hydrogen) atoms. The maximum absolute atomic E-state index is 13.1. The largest absolute Gasteiger partial charge is 0.475 e. The number of carbonyl (C=O) groups excluding carboxylic acids is 2. The van der Waals surface area contributed by atoms with E-state index in [1.165, 1.54) is 12.2 Å². The minimum atomic E-state index is -1.21. The predicted octanol–water partition coefficient (Wildman–Crippen LogP) is 0.963. The first-order chi connectivity index (χ1) is 14.1. The summed E-state index contributed by atoms with van der Waals surface area (Å²) in [7, 11) is 0. The van der Waals surface area contributed by atoms with Crippen molar-refractivity contribution >= 4 is 17.5 Å². The van der Waals surface area contributed by atoms with Crippen LogP contribution in [-0.2, 0) is 14.3 Å². The smallest absolute Gasteiger partial charge is 0.190 e. The van der Waals surface area contributed by atoms with E-state index < -0.39 is 41.3 Å². The normalized spacial score (nSPS) is 51.2. The van der Waals surface area contributed by atoms with Crippen molar-refractivity contribution in [3.8, 4) is 0 Å². The number of rotatable bonds is 2. The van der Waals surface area contributed by atoms with Gasteiger partial charge < -0.3 is 20.1 Å². The van der Waals surface area contributed by atoms with Crippen LogP contribution in [-0.4, -0.2) is 63.2 Å². The number of nitrogens with zero attached hydrogens (tertiary/aromatic N) is 1. The number of hydrogen-bond donors (Lipinski definition) is 3. The molecule has 5 aliphatic rings. The Balaban J connectivity index is 1.63. The Morgan fingerprint density at radius 2 is 2.03 bits per heavy atom. The maximum Gasteiger partial charge on any atom is 0.190 e. The predicted molar refractivity (Wildman–Crippen MR) is 108 cm³/mol. The molecule has 3 saturated carbocycles. The Bertz CT molecular complexity index is 923. The number of aliphatic hydroxyl groups is 3. The monoisotopic (exact) mass is 415 g/mol. The van der Waals surface area contributed by atoms with Crippen molar-refractivity contribution in [3.63, 3.8) is 0 Å². The summed E-state index contributed by atoms with van der Waals surface area (Å²) in [6.45, 7) is 5.06. The molecule has 0 bridgehead atoms. The zero-order chi connectivity index (χ0) is 21.6. The Kier molecular flexibility index (Phi) is 4.09. The third kappa shape index (κ3) is 2.18. The third-order valence-electron chi connectivity index (χ3n) is 8.92. The van der Waals surface area contributed by atoms with Gasteiger partial charge in [-0.15, -0.1) is 0 Å². The van der Waals surface area contributed by atoms with Gasteiger partial charge in [-0.25, -0.2) is 4.99 Å². The van der Waals surface area contributed by atoms with E-state index in [4.69, 9.17) is 4.74 Å². The molecule has 0 radical (unpaired) electrons. The molecule has 3 fully saturated rings. The number of fused-ring (bicyclic) bond motifs is 7. The summed E-state index contributed by atoms with van der Waals surface area (Å²) in [5, 5.41) is 32.2. The van der Waals surface area contributed by atoms with Crippen LogP contribution in [0.5, 0.6) is 0 Å². The van der Waals surface area contributed by atoms with Gasteiger partial charge in [-0.05, 0) is 48.8 Å². The molecule has 5 rings (SSSR count). The highest BCUT2D eigenvalue weighted by Gasteiger charge is 2.74. The number of aliphatic hydroxyl groups excluding tert-OH is 3. The van der Waals surface area contributed by atoms with E-state index in [9.17, 15) is 24.9 Å². The minimum absolute atomic E-state index is 0.0118. The summed E-state index contributed by atoms with van der Waals surface area (Å²) in [5.74, 6) is -0.334. The second-order valence-electron chi connectivity index (χ2n) is 10.2. The molecule has 7 heteroatoms. The van der Waals surface area contributed by atoms with E-state index in [2.05, 4.69) is 4.99 Å². The molecule has 9 atom stereocenters. The Hall–Kier alpha value is -1.83. The molecule has 0 aromatic rings. The summed E-state index contributed by atoms with van der Waals surface area (Å²) >= 11 is 0. The highest BCUT2D eigenvalue weighted by Crippen LogP contribution is 2.69. The summed E-state index contributed by atoms with van der Waals surface area (Å²) in [5.41, 5.74) is -1.85. The topological polar surface area (TPSA) is 116 Å². The van der Waals surface area contributed by atoms with Crippen LogP contribution in [0.1, 0.15) is 40.0 Å². The van der Waals surface area contributed by atoms with Crippen LogP contribution >= 0.6 is 0 Å². The molecular weight excluding hydrogens is 386 g/mol. The van der Waals surface area contributed by atoms with Gasteiger partial charge in [-0.3, -0.25) is 9.59 Å². The summed E-state index contributed by atoms with van der Waals surface area (Å²) in [6.07, 6.45) is 4.23. The fourth-order valence-corrected chi connectivity index (χ4v) is 7.86. The quantitative estimate of drug-likeness (QED) is 0.619. The molecule has 0 unspecified atom stereocenters. The number of carbonyl (C=O) groups is 2. The van der Waals surface area contributed by atoms with Crippen LogP contribution < -0.4 is 0 Å². The van der Waals surface area contributed by atoms with Gasteiger partial charge in [0.25, 0.3) is 0 Å². The van der Waals surface area contributed by atoms with Gasteiger partial charge in [0.2, 0.25) is 0 Å². The summed E-state index contributed by atoms with van der Waals surface area (Å²) in [4.78, 5) is 29.7. The number of ketones is 2. The van der Waals surface area contributed by atoms with E-state index in [-0.39, 0.29) is 29.3 Å². The van der Waals surface area contributed by atoms with Crippen molar-refractivity contribution in [3.05, 3.63) is 23.8 Å². The van der Waals surface area contributed by atoms with Crippen LogP contribution in [0.2, 0.25) is 0 Å². The van der Waals surface area contributed by atoms with Crippen molar-refractivity contribution in [1.29, 1.82) is 0 Å². The van der Waals surface area contributed by atoms with Crippen molar-refractivity contribution in [2.75, 3.05) is 6.61 Å². The maximum atomic E-state index is 13.1. The molecule has 4 aliphatic carbocycles. The van der Waals surface area contributed by atoms with Gasteiger partial charge in [0, 0.05) is 23.7 Å². The lowest BCUT2D eigenvalue weighted by atomic mass is 9.45. The Morgan fingerprint density at radius 3 is 2.73 bits per heavy atom. The molecule has 0 saturated heterocycles. The molecule has 3 N–H and O–H groups in total. The van der Waals surface area contributed by atoms with E-state index in [0.717, 1.165) is 0 Å². The fraction of sp³-hybridized carbons (Fsp3) is 0.696. The molecular formula is C23H29NO6. The van der Waals surface area contributed by atoms with E-state index in [1.807, 2.05) is 19.9 Å². The lowest BCUT2D eigenvalue weighted by Crippen LogP contribution is -2.63. The van der Waals surface area contributed by atoms with Crippen molar-refractivity contribution in [2.24, 2.45) is 33.6 Å². The first-order valence-electron chi connectivity index (χ1n) is 10.8. The van der Waals surface area contributed by atoms with Gasteiger partial charge in [-0.2, -0.15) is 0 Å². The second-order valence-corrected chi connectivity index (χ2v) is 10.2. The SMILES string of the molecule is CC1=N[C@]2(C(=O)CO)[C@H](C[C@@H]3[C@@H]4C[C@H](O)C5=CC(=O)C=C[C@]5(C)[C@H]4[C@@H](O)C[C@@]32C)O1. The lowest BCUT2D eigenvalue weighted by molar-refractivity contribution is -0.150. The number of hydrogen-bond acceptors (Lipinski definition) is 7. The third-order valence-corrected chi connectivity index (χ3v) is 8.92. The zero-order valence-corrected chi connectivity index (χ0v) is 17.5. The molecule has 0 spiro atoms. The van der Waals surface area contributed by atoms with E-state index in [0.29, 0.717) is 30.7 Å². The van der Waals surface area contributed by atoms with Gasteiger partial charge in [0.05, 0.1) is 12.2 Å². The Morgan fingerprint density at radius 1 is 1.30 bits per heavy atom. The fourth-order valence-electron chi connectivity index (χ4n) is 7.86. The van der Waals surface area contributed by atoms with Gasteiger partial charge in [-0.1, -0.05) is 19.9 Å². The number of ether oxygens (including phenoxy) is 1. The highest BCUT2D eigenvalue weighted by molar-refractivity contribution is 6.01. The second kappa shape index (κ2) is 6.11.